The lowest BCUT2D eigenvalue weighted by molar-refractivity contribution is 0.102. The van der Waals surface area contributed by atoms with Gasteiger partial charge >= 0.3 is 0 Å². The summed E-state index contributed by atoms with van der Waals surface area (Å²) < 4.78 is 1.00. The van der Waals surface area contributed by atoms with Gasteiger partial charge in [0, 0.05) is 16.8 Å². The average molecular weight is 370 g/mol. The lowest BCUT2D eigenvalue weighted by Gasteiger charge is -2.06. The van der Waals surface area contributed by atoms with E-state index in [0.717, 1.165) is 38.3 Å². The van der Waals surface area contributed by atoms with E-state index in [1.807, 2.05) is 60.7 Å². The van der Waals surface area contributed by atoms with Gasteiger partial charge in [0.1, 0.15) is 5.82 Å². The Morgan fingerprint density at radius 3 is 2.67 bits per heavy atom. The first kappa shape index (κ1) is 15.7. The third kappa shape index (κ3) is 2.96. The van der Waals surface area contributed by atoms with Crippen LogP contribution in [0.5, 0.6) is 0 Å². The van der Waals surface area contributed by atoms with Crippen LogP contribution in [-0.2, 0) is 0 Å². The second-order valence-corrected chi connectivity index (χ2v) is 7.06. The molecule has 0 aliphatic carbocycles. The van der Waals surface area contributed by atoms with Crippen LogP contribution in [0.3, 0.4) is 0 Å². The van der Waals surface area contributed by atoms with E-state index in [-0.39, 0.29) is 5.91 Å². The number of benzene rings is 3. The van der Waals surface area contributed by atoms with Crippen LogP contribution in [0, 0.1) is 0 Å². The first-order valence-corrected chi connectivity index (χ1v) is 9.34. The zero-order valence-corrected chi connectivity index (χ0v) is 15.0. The fourth-order valence-electron chi connectivity index (χ4n) is 3.00. The van der Waals surface area contributed by atoms with Crippen molar-refractivity contribution in [2.24, 2.45) is 0 Å². The highest BCUT2D eigenvalue weighted by atomic mass is 32.1. The highest BCUT2D eigenvalue weighted by Gasteiger charge is 2.09. The lowest BCUT2D eigenvalue weighted by Crippen LogP contribution is -2.11. The summed E-state index contributed by atoms with van der Waals surface area (Å²) in [4.78, 5) is 24.6. The number of nitrogens with one attached hydrogen (secondary N) is 2. The first-order chi connectivity index (χ1) is 13.3. The molecule has 0 unspecified atom stereocenters. The Bertz CT molecular complexity index is 1240. The molecule has 3 aromatic carbocycles. The molecule has 0 atom stereocenters. The number of carbonyl (C=O) groups is 1. The maximum atomic E-state index is 12.5. The van der Waals surface area contributed by atoms with Gasteiger partial charge in [0.25, 0.3) is 5.91 Å². The van der Waals surface area contributed by atoms with Crippen molar-refractivity contribution in [1.29, 1.82) is 0 Å². The Hall–Kier alpha value is -3.51. The van der Waals surface area contributed by atoms with E-state index in [0.29, 0.717) is 5.56 Å². The molecule has 0 spiro atoms. The minimum absolute atomic E-state index is 0.137. The summed E-state index contributed by atoms with van der Waals surface area (Å²) in [6.07, 6.45) is 0. The van der Waals surface area contributed by atoms with Crippen molar-refractivity contribution in [3.8, 4) is 11.4 Å². The summed E-state index contributed by atoms with van der Waals surface area (Å²) in [5.74, 6) is 0.673. The van der Waals surface area contributed by atoms with Gasteiger partial charge < -0.3 is 10.3 Å². The predicted octanol–water partition coefficient (Wildman–Crippen LogP) is 5.09. The molecule has 0 radical (unpaired) electrons. The Morgan fingerprint density at radius 2 is 1.81 bits per heavy atom. The molecule has 27 heavy (non-hydrogen) atoms. The maximum Gasteiger partial charge on any atom is 0.255 e. The summed E-state index contributed by atoms with van der Waals surface area (Å²) in [6.45, 7) is 0. The number of imidazole rings is 1. The van der Waals surface area contributed by atoms with Crippen molar-refractivity contribution >= 4 is 44.2 Å². The lowest BCUT2D eigenvalue weighted by atomic mass is 10.1. The van der Waals surface area contributed by atoms with Crippen LogP contribution in [0.4, 0.5) is 5.69 Å². The smallest absolute Gasteiger partial charge is 0.255 e. The van der Waals surface area contributed by atoms with Crippen LogP contribution in [-0.4, -0.2) is 20.9 Å². The topological polar surface area (TPSA) is 70.7 Å². The fraction of sp³-hybridized carbons (Fsp3) is 0. The van der Waals surface area contributed by atoms with Gasteiger partial charge in [-0.3, -0.25) is 4.79 Å². The van der Waals surface area contributed by atoms with E-state index < -0.39 is 0 Å². The number of amides is 1. The third-order valence-electron chi connectivity index (χ3n) is 4.40. The van der Waals surface area contributed by atoms with Gasteiger partial charge in [-0.25, -0.2) is 9.97 Å². The highest BCUT2D eigenvalue weighted by Crippen LogP contribution is 2.23. The summed E-state index contributed by atoms with van der Waals surface area (Å²) in [5.41, 5.74) is 6.95. The largest absolute Gasteiger partial charge is 0.338 e. The molecule has 1 amide bonds. The normalized spacial score (nSPS) is 11.1. The van der Waals surface area contributed by atoms with Crippen molar-refractivity contribution in [2.45, 2.75) is 0 Å². The number of rotatable bonds is 3. The third-order valence-corrected chi connectivity index (χ3v) is 5.19. The van der Waals surface area contributed by atoms with Crippen molar-refractivity contribution in [3.63, 3.8) is 0 Å². The molecule has 2 N–H and O–H groups in total. The van der Waals surface area contributed by atoms with E-state index in [2.05, 4.69) is 20.3 Å². The molecule has 6 heteroatoms. The van der Waals surface area contributed by atoms with E-state index in [1.54, 1.807) is 11.6 Å². The molecule has 2 heterocycles. The number of fused-ring (bicyclic) bond motifs is 2. The number of aromatic amines is 1. The summed E-state index contributed by atoms with van der Waals surface area (Å²) in [6, 6.07) is 21.1. The average Bonchev–Trinajstić information content (AvgIpc) is 3.34. The standard InChI is InChI=1S/C21H14N4OS/c26-21(14-7-10-18-19(11-14)27-12-22-18)23-15-8-5-13(6-9-15)20-24-16-3-1-2-4-17(16)25-20/h1-12H,(H,23,26)(H,24,25). The Balaban J connectivity index is 1.37. The molecule has 0 fully saturated rings. The van der Waals surface area contributed by atoms with E-state index in [1.165, 1.54) is 11.3 Å². The van der Waals surface area contributed by atoms with Crippen LogP contribution >= 0.6 is 11.3 Å². The molecule has 0 aliphatic heterocycles. The van der Waals surface area contributed by atoms with Gasteiger partial charge in [-0.2, -0.15) is 0 Å². The van der Waals surface area contributed by atoms with Gasteiger partial charge in [0.2, 0.25) is 0 Å². The molecular formula is C21H14N4OS. The van der Waals surface area contributed by atoms with Gasteiger partial charge in [-0.15, -0.1) is 11.3 Å². The molecule has 0 saturated carbocycles. The minimum Gasteiger partial charge on any atom is -0.338 e. The second kappa shape index (κ2) is 6.34. The van der Waals surface area contributed by atoms with Crippen LogP contribution in [0.15, 0.2) is 72.2 Å². The molecule has 130 valence electrons. The molecule has 5 nitrogen and oxygen atoms in total. The Kier molecular flexibility index (Phi) is 3.69. The molecule has 5 rings (SSSR count). The van der Waals surface area contributed by atoms with Gasteiger partial charge in [-0.05, 0) is 54.6 Å². The van der Waals surface area contributed by atoms with E-state index in [9.17, 15) is 4.79 Å². The zero-order valence-electron chi connectivity index (χ0n) is 14.1. The van der Waals surface area contributed by atoms with Gasteiger partial charge in [0.15, 0.2) is 0 Å². The van der Waals surface area contributed by atoms with Crippen molar-refractivity contribution in [1.82, 2.24) is 15.0 Å². The summed E-state index contributed by atoms with van der Waals surface area (Å²) >= 11 is 1.52. The Labute approximate surface area is 158 Å². The van der Waals surface area contributed by atoms with Crippen molar-refractivity contribution in [3.05, 3.63) is 77.8 Å². The van der Waals surface area contributed by atoms with Crippen LogP contribution in [0.1, 0.15) is 10.4 Å². The van der Waals surface area contributed by atoms with Crippen LogP contribution in [0.25, 0.3) is 32.6 Å². The molecule has 0 saturated heterocycles. The Morgan fingerprint density at radius 1 is 0.963 bits per heavy atom. The summed E-state index contributed by atoms with van der Waals surface area (Å²) in [7, 11) is 0. The number of anilines is 1. The number of hydrogen-bond donors (Lipinski definition) is 2. The quantitative estimate of drug-likeness (QED) is 0.465. The number of H-pyrrole nitrogens is 1. The summed E-state index contributed by atoms with van der Waals surface area (Å²) in [5, 5.41) is 2.94. The molecule has 0 bridgehead atoms. The van der Waals surface area contributed by atoms with Crippen LogP contribution < -0.4 is 5.32 Å². The SMILES string of the molecule is O=C(Nc1ccc(-c2nc3ccccc3[nH]2)cc1)c1ccc2ncsc2c1. The number of nitrogens with zero attached hydrogens (tertiary/aromatic N) is 2. The number of carbonyl (C=O) groups excluding carboxylic acids is 1. The van der Waals surface area contributed by atoms with Gasteiger partial charge in [0.05, 0.1) is 26.8 Å². The van der Waals surface area contributed by atoms with Crippen molar-refractivity contribution < 1.29 is 4.79 Å². The monoisotopic (exact) mass is 370 g/mol. The highest BCUT2D eigenvalue weighted by molar-refractivity contribution is 7.16. The predicted molar refractivity (Wildman–Crippen MR) is 109 cm³/mol. The van der Waals surface area contributed by atoms with Gasteiger partial charge in [-0.1, -0.05) is 12.1 Å². The minimum atomic E-state index is -0.137. The van der Waals surface area contributed by atoms with E-state index >= 15 is 0 Å². The molecule has 5 aromatic rings. The number of para-hydroxylation sites is 2. The van der Waals surface area contributed by atoms with Crippen molar-refractivity contribution in [2.75, 3.05) is 5.32 Å². The number of hydrogen-bond acceptors (Lipinski definition) is 4. The van der Waals surface area contributed by atoms with E-state index in [4.69, 9.17) is 0 Å². The molecule has 0 aliphatic rings. The second-order valence-electron chi connectivity index (χ2n) is 6.17. The molecular weight excluding hydrogens is 356 g/mol. The molecule has 2 aromatic heterocycles. The maximum absolute atomic E-state index is 12.5. The number of aromatic nitrogens is 3. The first-order valence-electron chi connectivity index (χ1n) is 8.46. The zero-order chi connectivity index (χ0) is 18.2. The van der Waals surface area contributed by atoms with Crippen LogP contribution in [0.2, 0.25) is 0 Å². The fourth-order valence-corrected chi connectivity index (χ4v) is 3.72. The number of thiazole rings is 1.